The highest BCUT2D eigenvalue weighted by molar-refractivity contribution is 6.02. The van der Waals surface area contributed by atoms with Gasteiger partial charge in [-0.15, -0.1) is 0 Å². The maximum Gasteiger partial charge on any atom is 0.402 e. The monoisotopic (exact) mass is 271 g/mol. The van der Waals surface area contributed by atoms with Gasteiger partial charge in [-0.2, -0.15) is 13.2 Å². The van der Waals surface area contributed by atoms with Crippen LogP contribution in [0.2, 0.25) is 0 Å². The molecular weight excluding hydrogens is 255 g/mol. The Balaban J connectivity index is 2.49. The lowest BCUT2D eigenvalue weighted by molar-refractivity contribution is -0.197. The van der Waals surface area contributed by atoms with Crippen molar-refractivity contribution in [2.45, 2.75) is 26.4 Å². The van der Waals surface area contributed by atoms with Crippen molar-refractivity contribution in [2.75, 3.05) is 13.1 Å². The molecule has 1 saturated heterocycles. The maximum atomic E-state index is 13.3. The van der Waals surface area contributed by atoms with Gasteiger partial charge in [-0.05, 0) is 38.4 Å². The number of alkyl halides is 3. The minimum atomic E-state index is -4.52. The summed E-state index contributed by atoms with van der Waals surface area (Å²) in [7, 11) is 0. The molecule has 1 atom stereocenters. The first-order valence-corrected chi connectivity index (χ1v) is 6.17. The van der Waals surface area contributed by atoms with Crippen molar-refractivity contribution < 1.29 is 18.0 Å². The number of nitrogens with one attached hydrogen (secondary N) is 1. The summed E-state index contributed by atoms with van der Waals surface area (Å²) >= 11 is 0. The van der Waals surface area contributed by atoms with Gasteiger partial charge >= 0.3 is 6.18 Å². The zero-order chi connectivity index (χ0) is 14.3. The fourth-order valence-corrected chi connectivity index (χ4v) is 2.49. The number of rotatable bonds is 2. The van der Waals surface area contributed by atoms with E-state index in [4.69, 9.17) is 0 Å². The van der Waals surface area contributed by atoms with Gasteiger partial charge in [0.05, 0.1) is 0 Å². The van der Waals surface area contributed by atoms with E-state index in [2.05, 4.69) is 5.32 Å². The second-order valence-electron chi connectivity index (χ2n) is 5.15. The lowest BCUT2D eigenvalue weighted by atomic mass is 9.77. The van der Waals surface area contributed by atoms with Gasteiger partial charge in [0.1, 0.15) is 5.41 Å². The predicted molar refractivity (Wildman–Crippen MR) is 66.2 cm³/mol. The molecule has 2 rings (SSSR count). The Morgan fingerprint density at radius 2 is 2.00 bits per heavy atom. The van der Waals surface area contributed by atoms with Crippen molar-refractivity contribution in [3.8, 4) is 0 Å². The fourth-order valence-electron chi connectivity index (χ4n) is 2.49. The first kappa shape index (κ1) is 14.1. The summed E-state index contributed by atoms with van der Waals surface area (Å²) in [6, 6.07) is 5.03. The second-order valence-corrected chi connectivity index (χ2v) is 5.15. The number of aryl methyl sites for hydroxylation is 2. The first-order valence-electron chi connectivity index (χ1n) is 6.17. The average Bonchev–Trinajstić information content (AvgIpc) is 2.81. The van der Waals surface area contributed by atoms with Crippen LogP contribution in [0.1, 0.15) is 27.9 Å². The minimum absolute atomic E-state index is 0.182. The van der Waals surface area contributed by atoms with Gasteiger partial charge in [-0.25, -0.2) is 0 Å². The molecule has 2 nitrogen and oxygen atoms in total. The summed E-state index contributed by atoms with van der Waals surface area (Å²) in [5.41, 5.74) is -0.713. The van der Waals surface area contributed by atoms with Gasteiger partial charge in [0.2, 0.25) is 0 Å². The molecule has 0 spiro atoms. The summed E-state index contributed by atoms with van der Waals surface area (Å²) in [4.78, 5) is 12.4. The molecule has 0 aliphatic carbocycles. The van der Waals surface area contributed by atoms with E-state index in [1.807, 2.05) is 0 Å². The molecule has 1 aromatic rings. The normalized spacial score (nSPS) is 23.6. The molecule has 0 amide bonds. The predicted octanol–water partition coefficient (Wildman–Crippen LogP) is 3.03. The molecule has 0 saturated carbocycles. The second kappa shape index (κ2) is 4.63. The number of halogens is 3. The van der Waals surface area contributed by atoms with Crippen LogP contribution in [0.5, 0.6) is 0 Å². The van der Waals surface area contributed by atoms with E-state index < -0.39 is 17.4 Å². The molecule has 1 fully saturated rings. The lowest BCUT2D eigenvalue weighted by Crippen LogP contribution is -2.47. The number of carbonyl (C=O) groups excluding carboxylic acids is 1. The van der Waals surface area contributed by atoms with E-state index in [9.17, 15) is 18.0 Å². The zero-order valence-corrected chi connectivity index (χ0v) is 10.9. The van der Waals surface area contributed by atoms with Crippen LogP contribution >= 0.6 is 0 Å². The Morgan fingerprint density at radius 3 is 2.53 bits per heavy atom. The maximum absolute atomic E-state index is 13.3. The molecule has 5 heteroatoms. The number of ketones is 1. The van der Waals surface area contributed by atoms with E-state index in [0.717, 1.165) is 5.56 Å². The number of Topliss-reactive ketones (excluding diaryl/α,β-unsaturated/α-hetero) is 1. The van der Waals surface area contributed by atoms with Crippen molar-refractivity contribution >= 4 is 5.78 Å². The minimum Gasteiger partial charge on any atom is -0.315 e. The smallest absolute Gasteiger partial charge is 0.315 e. The molecule has 1 aromatic carbocycles. The Bertz CT molecular complexity index is 502. The van der Waals surface area contributed by atoms with Crippen molar-refractivity contribution in [2.24, 2.45) is 5.41 Å². The highest BCUT2D eigenvalue weighted by Gasteiger charge is 2.61. The Morgan fingerprint density at radius 1 is 1.32 bits per heavy atom. The van der Waals surface area contributed by atoms with E-state index in [1.54, 1.807) is 32.0 Å². The summed E-state index contributed by atoms with van der Waals surface area (Å²) in [6.07, 6.45) is -4.72. The summed E-state index contributed by atoms with van der Waals surface area (Å²) < 4.78 is 40.0. The third-order valence-corrected chi connectivity index (χ3v) is 3.77. The number of benzene rings is 1. The van der Waals surface area contributed by atoms with Gasteiger partial charge in [0.15, 0.2) is 5.78 Å². The average molecular weight is 271 g/mol. The van der Waals surface area contributed by atoms with Gasteiger partial charge in [-0.1, -0.05) is 17.7 Å². The quantitative estimate of drug-likeness (QED) is 0.838. The summed E-state index contributed by atoms with van der Waals surface area (Å²) in [5.74, 6) is -0.814. The highest BCUT2D eigenvalue weighted by Crippen LogP contribution is 2.45. The molecule has 1 N–H and O–H groups in total. The van der Waals surface area contributed by atoms with Gasteiger partial charge in [0, 0.05) is 12.1 Å². The summed E-state index contributed by atoms with van der Waals surface area (Å²) in [6.45, 7) is 3.32. The Hall–Kier alpha value is -1.36. The number of hydrogen-bond donors (Lipinski definition) is 1. The molecule has 1 aliphatic rings. The van der Waals surface area contributed by atoms with Crippen molar-refractivity contribution in [3.63, 3.8) is 0 Å². The van der Waals surface area contributed by atoms with Crippen LogP contribution in [0, 0.1) is 19.3 Å². The summed E-state index contributed by atoms with van der Waals surface area (Å²) in [5, 5.41) is 2.66. The van der Waals surface area contributed by atoms with Crippen molar-refractivity contribution in [1.29, 1.82) is 0 Å². The van der Waals surface area contributed by atoms with E-state index >= 15 is 0 Å². The lowest BCUT2D eigenvalue weighted by Gasteiger charge is -2.30. The Labute approximate surface area is 110 Å². The molecular formula is C14H16F3NO. The third-order valence-electron chi connectivity index (χ3n) is 3.77. The molecule has 1 heterocycles. The van der Waals surface area contributed by atoms with Crippen LogP contribution in [0.25, 0.3) is 0 Å². The van der Waals surface area contributed by atoms with Gasteiger partial charge < -0.3 is 5.32 Å². The third kappa shape index (κ3) is 2.27. The fraction of sp³-hybridized carbons (Fsp3) is 0.500. The van der Waals surface area contributed by atoms with E-state index in [1.165, 1.54) is 0 Å². The van der Waals surface area contributed by atoms with Crippen molar-refractivity contribution in [3.05, 3.63) is 34.9 Å². The number of carbonyl (C=O) groups is 1. The largest absolute Gasteiger partial charge is 0.402 e. The molecule has 104 valence electrons. The van der Waals surface area contributed by atoms with Crippen LogP contribution in [-0.2, 0) is 0 Å². The van der Waals surface area contributed by atoms with Crippen molar-refractivity contribution in [1.82, 2.24) is 5.32 Å². The molecule has 0 radical (unpaired) electrons. The molecule has 1 unspecified atom stereocenters. The first-order chi connectivity index (χ1) is 8.78. The van der Waals surface area contributed by atoms with Crippen LogP contribution in [0.3, 0.4) is 0 Å². The molecule has 1 aliphatic heterocycles. The van der Waals surface area contributed by atoms with Crippen LogP contribution in [0.15, 0.2) is 18.2 Å². The topological polar surface area (TPSA) is 29.1 Å². The van der Waals surface area contributed by atoms with Crippen LogP contribution in [0.4, 0.5) is 13.2 Å². The standard InChI is InChI=1S/C14H16F3NO/c1-9-3-4-10(2)11(7-9)12(19)13(14(15,16)17)5-6-18-8-13/h3-4,7,18H,5-6,8H2,1-2H3. The number of hydrogen-bond acceptors (Lipinski definition) is 2. The Kier molecular flexibility index (Phi) is 3.43. The molecule has 0 aromatic heterocycles. The van der Waals surface area contributed by atoms with Crippen LogP contribution < -0.4 is 5.32 Å². The molecule has 0 bridgehead atoms. The van der Waals surface area contributed by atoms with E-state index in [-0.39, 0.29) is 25.1 Å². The van der Waals surface area contributed by atoms with E-state index in [0.29, 0.717) is 5.56 Å². The van der Waals surface area contributed by atoms with Gasteiger partial charge in [-0.3, -0.25) is 4.79 Å². The zero-order valence-electron chi connectivity index (χ0n) is 10.9. The van der Waals surface area contributed by atoms with Crippen LogP contribution in [-0.4, -0.2) is 25.0 Å². The van der Waals surface area contributed by atoms with Gasteiger partial charge in [0.25, 0.3) is 0 Å². The highest BCUT2D eigenvalue weighted by atomic mass is 19.4. The SMILES string of the molecule is Cc1ccc(C)c(C(=O)C2(C(F)(F)F)CCNC2)c1. The molecule has 19 heavy (non-hydrogen) atoms.